The van der Waals surface area contributed by atoms with Gasteiger partial charge in [0.05, 0.1) is 12.4 Å². The molecule has 0 bridgehead atoms. The summed E-state index contributed by atoms with van der Waals surface area (Å²) in [7, 11) is 0. The molecule has 0 fully saturated rings. The Balaban J connectivity index is 2.11. The van der Waals surface area contributed by atoms with E-state index >= 15 is 0 Å². The molecule has 0 spiro atoms. The molecule has 6 heteroatoms. The van der Waals surface area contributed by atoms with E-state index in [1.165, 1.54) is 6.20 Å². The molecule has 0 saturated heterocycles. The fourth-order valence-corrected chi connectivity index (χ4v) is 1.43. The average Bonchev–Trinajstić information content (AvgIpc) is 2.40. The number of hydrogen-bond donors (Lipinski definition) is 1. The molecule has 2 aromatic rings. The summed E-state index contributed by atoms with van der Waals surface area (Å²) in [5.74, 6) is 0.210. The first kappa shape index (κ1) is 12.2. The van der Waals surface area contributed by atoms with E-state index in [4.69, 9.17) is 17.3 Å². The minimum absolute atomic E-state index is 0.210. The third-order valence-corrected chi connectivity index (χ3v) is 2.28. The van der Waals surface area contributed by atoms with Gasteiger partial charge in [-0.2, -0.15) is 5.10 Å². The van der Waals surface area contributed by atoms with Crippen LogP contribution in [0.2, 0.25) is 5.02 Å². The lowest BCUT2D eigenvalue weighted by molar-refractivity contribution is 1.15. The molecule has 2 N–H and O–H groups in total. The predicted octanol–water partition coefficient (Wildman–Crippen LogP) is 1.87. The molecule has 0 unspecified atom stereocenters. The lowest BCUT2D eigenvalue weighted by Crippen LogP contribution is -2.14. The van der Waals surface area contributed by atoms with Crippen molar-refractivity contribution in [3.8, 4) is 0 Å². The molecule has 0 amide bonds. The van der Waals surface area contributed by atoms with E-state index in [2.05, 4.69) is 20.2 Å². The highest BCUT2D eigenvalue weighted by molar-refractivity contribution is 6.30. The van der Waals surface area contributed by atoms with Gasteiger partial charge in [0, 0.05) is 17.4 Å². The number of nitrogens with zero attached hydrogens (tertiary/aromatic N) is 4. The van der Waals surface area contributed by atoms with Gasteiger partial charge in [-0.1, -0.05) is 23.7 Å². The molecule has 0 saturated carbocycles. The molecule has 0 radical (unpaired) electrons. The third-order valence-electron chi connectivity index (χ3n) is 2.05. The van der Waals surface area contributed by atoms with Crippen LogP contribution in [0.1, 0.15) is 11.3 Å². The second-order valence-electron chi connectivity index (χ2n) is 3.38. The molecule has 2 rings (SSSR count). The Hall–Kier alpha value is -2.27. The van der Waals surface area contributed by atoms with Crippen LogP contribution in [-0.4, -0.2) is 22.0 Å². The van der Waals surface area contributed by atoms with Crippen molar-refractivity contribution in [2.45, 2.75) is 0 Å². The summed E-state index contributed by atoms with van der Waals surface area (Å²) in [5.41, 5.74) is 7.03. The molecule has 0 atom stereocenters. The largest absolute Gasteiger partial charge is 0.380 e. The van der Waals surface area contributed by atoms with Crippen molar-refractivity contribution in [1.82, 2.24) is 9.97 Å². The Bertz CT molecular complexity index is 580. The van der Waals surface area contributed by atoms with Crippen LogP contribution in [0.4, 0.5) is 0 Å². The van der Waals surface area contributed by atoms with Crippen molar-refractivity contribution in [2.75, 3.05) is 0 Å². The highest BCUT2D eigenvalue weighted by Crippen LogP contribution is 2.08. The van der Waals surface area contributed by atoms with Crippen molar-refractivity contribution < 1.29 is 0 Å². The van der Waals surface area contributed by atoms with E-state index in [-0.39, 0.29) is 5.84 Å². The van der Waals surface area contributed by atoms with Gasteiger partial charge in [-0.25, -0.2) is 4.98 Å². The Morgan fingerprint density at radius 2 is 2.22 bits per heavy atom. The Labute approximate surface area is 109 Å². The highest BCUT2D eigenvalue weighted by Gasteiger charge is 1.97. The van der Waals surface area contributed by atoms with Crippen molar-refractivity contribution in [3.63, 3.8) is 0 Å². The summed E-state index contributed by atoms with van der Waals surface area (Å²) >= 11 is 5.84. The standard InChI is InChI=1S/C12H10ClN5/c13-10-3-1-2-9(6-10)7-17-18-12(14)11-8-15-4-5-16-11/h1-8H,(H2,14,18). The van der Waals surface area contributed by atoms with Crippen LogP contribution < -0.4 is 5.73 Å². The van der Waals surface area contributed by atoms with Crippen LogP contribution in [0.15, 0.2) is 53.1 Å². The number of halogens is 1. The molecule has 18 heavy (non-hydrogen) atoms. The van der Waals surface area contributed by atoms with Crippen molar-refractivity contribution in [1.29, 1.82) is 0 Å². The number of rotatable bonds is 3. The van der Waals surface area contributed by atoms with E-state index in [1.54, 1.807) is 30.7 Å². The number of benzene rings is 1. The number of aromatic nitrogens is 2. The second-order valence-corrected chi connectivity index (χ2v) is 3.81. The fraction of sp³-hybridized carbons (Fsp3) is 0. The van der Waals surface area contributed by atoms with Crippen LogP contribution in [0.5, 0.6) is 0 Å². The molecule has 90 valence electrons. The summed E-state index contributed by atoms with van der Waals surface area (Å²) in [6, 6.07) is 7.26. The molecule has 1 aromatic heterocycles. The summed E-state index contributed by atoms with van der Waals surface area (Å²) in [5, 5.41) is 8.35. The monoisotopic (exact) mass is 259 g/mol. The first-order chi connectivity index (χ1) is 8.75. The highest BCUT2D eigenvalue weighted by atomic mass is 35.5. The number of amidine groups is 1. The third kappa shape index (κ3) is 3.36. The zero-order chi connectivity index (χ0) is 12.8. The van der Waals surface area contributed by atoms with Gasteiger partial charge >= 0.3 is 0 Å². The Kier molecular flexibility index (Phi) is 3.98. The van der Waals surface area contributed by atoms with E-state index in [9.17, 15) is 0 Å². The molecule has 1 heterocycles. The topological polar surface area (TPSA) is 76.5 Å². The molecule has 0 aliphatic carbocycles. The zero-order valence-corrected chi connectivity index (χ0v) is 10.1. The minimum atomic E-state index is 0.210. The quantitative estimate of drug-likeness (QED) is 0.519. The van der Waals surface area contributed by atoms with Crippen LogP contribution in [0, 0.1) is 0 Å². The lowest BCUT2D eigenvalue weighted by Gasteiger charge is -1.95. The van der Waals surface area contributed by atoms with Crippen LogP contribution >= 0.6 is 11.6 Å². The lowest BCUT2D eigenvalue weighted by atomic mass is 10.2. The zero-order valence-electron chi connectivity index (χ0n) is 9.36. The molecule has 0 aliphatic rings. The number of hydrogen-bond acceptors (Lipinski definition) is 4. The van der Waals surface area contributed by atoms with E-state index < -0.39 is 0 Å². The van der Waals surface area contributed by atoms with Gasteiger partial charge < -0.3 is 5.73 Å². The van der Waals surface area contributed by atoms with Crippen LogP contribution in [0.3, 0.4) is 0 Å². The fourth-order valence-electron chi connectivity index (χ4n) is 1.23. The van der Waals surface area contributed by atoms with Crippen molar-refractivity contribution in [3.05, 3.63) is 59.1 Å². The minimum Gasteiger partial charge on any atom is -0.380 e. The molecule has 1 aromatic carbocycles. The maximum atomic E-state index is 5.84. The van der Waals surface area contributed by atoms with Gasteiger partial charge in [0.15, 0.2) is 5.84 Å². The van der Waals surface area contributed by atoms with Crippen LogP contribution in [0.25, 0.3) is 0 Å². The summed E-state index contributed by atoms with van der Waals surface area (Å²) < 4.78 is 0. The smallest absolute Gasteiger partial charge is 0.173 e. The first-order valence-electron chi connectivity index (χ1n) is 5.14. The molecular formula is C12H10ClN5. The summed E-state index contributed by atoms with van der Waals surface area (Å²) in [4.78, 5) is 7.90. The van der Waals surface area contributed by atoms with Gasteiger partial charge in [0.2, 0.25) is 0 Å². The maximum absolute atomic E-state index is 5.84. The molecule has 0 aliphatic heterocycles. The normalized spacial score (nSPS) is 11.9. The van der Waals surface area contributed by atoms with Gasteiger partial charge in [-0.3, -0.25) is 4.98 Å². The van der Waals surface area contributed by atoms with Crippen molar-refractivity contribution in [2.24, 2.45) is 15.9 Å². The van der Waals surface area contributed by atoms with Crippen LogP contribution in [-0.2, 0) is 0 Å². The molecule has 5 nitrogen and oxygen atoms in total. The number of nitrogens with two attached hydrogens (primary N) is 1. The van der Waals surface area contributed by atoms with E-state index in [0.29, 0.717) is 10.7 Å². The van der Waals surface area contributed by atoms with Gasteiger partial charge in [0.25, 0.3) is 0 Å². The van der Waals surface area contributed by atoms with Gasteiger partial charge in [-0.05, 0) is 17.7 Å². The first-order valence-corrected chi connectivity index (χ1v) is 5.52. The SMILES string of the molecule is NC(=NN=Cc1cccc(Cl)c1)c1cnccn1. The van der Waals surface area contributed by atoms with Gasteiger partial charge in [0.1, 0.15) is 5.69 Å². The maximum Gasteiger partial charge on any atom is 0.173 e. The van der Waals surface area contributed by atoms with Gasteiger partial charge in [-0.15, -0.1) is 5.10 Å². The van der Waals surface area contributed by atoms with Crippen molar-refractivity contribution >= 4 is 23.7 Å². The summed E-state index contributed by atoms with van der Waals surface area (Å²) in [6.45, 7) is 0. The Morgan fingerprint density at radius 1 is 1.33 bits per heavy atom. The second kappa shape index (κ2) is 5.88. The Morgan fingerprint density at radius 3 is 2.94 bits per heavy atom. The van der Waals surface area contributed by atoms with E-state index in [0.717, 1.165) is 5.56 Å². The predicted molar refractivity (Wildman–Crippen MR) is 71.8 cm³/mol. The van der Waals surface area contributed by atoms with E-state index in [1.807, 2.05) is 12.1 Å². The average molecular weight is 260 g/mol. The summed E-state index contributed by atoms with van der Waals surface area (Å²) in [6.07, 6.45) is 6.19. The molecular weight excluding hydrogens is 250 g/mol.